The van der Waals surface area contributed by atoms with E-state index in [-0.39, 0.29) is 11.0 Å². The van der Waals surface area contributed by atoms with Crippen molar-refractivity contribution in [2.45, 2.75) is 26.1 Å². The summed E-state index contributed by atoms with van der Waals surface area (Å²) in [7, 11) is -3.15. The average Bonchev–Trinajstić information content (AvgIpc) is 3.74. The third-order valence-corrected chi connectivity index (χ3v) is 15.8. The van der Waals surface area contributed by atoms with Crippen LogP contribution in [-0.4, -0.2) is 22.0 Å². The van der Waals surface area contributed by atoms with E-state index in [1.54, 1.807) is 6.07 Å². The van der Waals surface area contributed by atoms with Crippen molar-refractivity contribution in [2.24, 2.45) is 0 Å². The summed E-state index contributed by atoms with van der Waals surface area (Å²) in [6.45, 7) is 2.28. The highest BCUT2D eigenvalue weighted by molar-refractivity contribution is 7.20. The summed E-state index contributed by atoms with van der Waals surface area (Å²) in [4.78, 5) is 5.11. The molecule has 0 aliphatic carbocycles. The minimum absolute atomic E-state index is 0.246. The van der Waals surface area contributed by atoms with Gasteiger partial charge in [-0.15, -0.1) is 0 Å². The molecular formula is C47H37N3OSi. The predicted octanol–water partition coefficient (Wildman–Crippen LogP) is 8.55. The van der Waals surface area contributed by atoms with Gasteiger partial charge in [0.25, 0.3) is 0 Å². The van der Waals surface area contributed by atoms with Crippen molar-refractivity contribution in [2.75, 3.05) is 0 Å². The molecule has 250 valence electrons. The maximum Gasteiger partial charge on any atom is 0.220 e. The van der Waals surface area contributed by atoms with Crippen molar-refractivity contribution in [1.82, 2.24) is 14.0 Å². The van der Waals surface area contributed by atoms with Crippen molar-refractivity contribution in [3.63, 3.8) is 0 Å². The molecule has 0 radical (unpaired) electrons. The van der Waals surface area contributed by atoms with Crippen LogP contribution in [0.4, 0.5) is 0 Å². The molecule has 5 heteroatoms. The smallest absolute Gasteiger partial charge is 0.220 e. The third-order valence-electron chi connectivity index (χ3n) is 11.0. The lowest BCUT2D eigenvalue weighted by molar-refractivity contribution is 0.421. The number of hydrogen-bond acceptors (Lipinski definition) is 2. The number of nitrogens with zero attached hydrogens (tertiary/aromatic N) is 3. The highest BCUT2D eigenvalue weighted by Crippen LogP contribution is 2.47. The minimum Gasteiger partial charge on any atom is -0.457 e. The predicted molar refractivity (Wildman–Crippen MR) is 217 cm³/mol. The number of aryl methyl sites for hydroxylation is 1. The maximum absolute atomic E-state index is 8.31. The Labute approximate surface area is 308 Å². The molecule has 0 N–H and O–H groups in total. The molecule has 7 aromatic carbocycles. The van der Waals surface area contributed by atoms with Crippen LogP contribution in [0.3, 0.4) is 0 Å². The SMILES string of the molecule is [2H]C([2H])([2H])c1cccc2c1nc1n(-c3cccc([Si](c4ccccc4)(c4ccccc4)c4cccc5c4Oc4ccccc4C5(C)C)c3)c3ccccc3n21. The Morgan fingerprint density at radius 1 is 0.596 bits per heavy atom. The molecule has 0 bridgehead atoms. The average molecular weight is 691 g/mol. The number of rotatable bonds is 5. The van der Waals surface area contributed by atoms with Gasteiger partial charge in [-0.1, -0.05) is 147 Å². The number of benzene rings is 7. The molecule has 0 fully saturated rings. The van der Waals surface area contributed by atoms with Gasteiger partial charge in [-0.3, -0.25) is 8.97 Å². The highest BCUT2D eigenvalue weighted by atomic mass is 28.3. The molecule has 0 unspecified atom stereocenters. The van der Waals surface area contributed by atoms with E-state index in [0.29, 0.717) is 11.3 Å². The molecule has 2 aromatic heterocycles. The molecule has 4 nitrogen and oxygen atoms in total. The summed E-state index contributed by atoms with van der Waals surface area (Å²) in [6.07, 6.45) is 0. The molecule has 1 aliphatic rings. The van der Waals surface area contributed by atoms with Crippen molar-refractivity contribution < 1.29 is 8.85 Å². The Morgan fingerprint density at radius 3 is 1.98 bits per heavy atom. The fourth-order valence-electron chi connectivity index (χ4n) is 8.66. The van der Waals surface area contributed by atoms with Crippen LogP contribution in [0.1, 0.15) is 34.7 Å². The standard InChI is InChI=1S/C47H37N3OSi/c1-32-17-14-28-41-44(32)48-46-49(39-26-11-12-27-40(39)50(41)46)33-18-15-23-36(31-33)52(34-19-6-4-7-20-34,35-21-8-5-9-22-35)43-30-16-25-38-45(43)51-42-29-13-10-24-37(42)47(38,2)3/h4-31H,1-3H3/i1D3. The van der Waals surface area contributed by atoms with Gasteiger partial charge < -0.3 is 4.74 Å². The van der Waals surface area contributed by atoms with Crippen molar-refractivity contribution in [1.29, 1.82) is 0 Å². The van der Waals surface area contributed by atoms with Gasteiger partial charge in [-0.2, -0.15) is 0 Å². The summed E-state index contributed by atoms with van der Waals surface area (Å²) in [6, 6.07) is 59.5. The first-order valence-electron chi connectivity index (χ1n) is 19.2. The molecular weight excluding hydrogens is 651 g/mol. The fourth-order valence-corrected chi connectivity index (χ4v) is 13.6. The Balaban J connectivity index is 1.30. The van der Waals surface area contributed by atoms with Crippen LogP contribution in [-0.2, 0) is 5.41 Å². The normalized spacial score (nSPS) is 14.7. The van der Waals surface area contributed by atoms with Gasteiger partial charge in [0.05, 0.1) is 22.1 Å². The second kappa shape index (κ2) is 11.4. The molecule has 52 heavy (non-hydrogen) atoms. The van der Waals surface area contributed by atoms with E-state index in [1.165, 1.54) is 26.3 Å². The lowest BCUT2D eigenvalue weighted by Gasteiger charge is -2.40. The minimum atomic E-state index is -3.15. The quantitative estimate of drug-likeness (QED) is 0.134. The fraction of sp³-hybridized carbons (Fsp3) is 0.0851. The first-order valence-corrected chi connectivity index (χ1v) is 19.7. The van der Waals surface area contributed by atoms with Crippen LogP contribution in [0, 0.1) is 6.85 Å². The van der Waals surface area contributed by atoms with Crippen LogP contribution in [0.2, 0.25) is 0 Å². The third kappa shape index (κ3) is 4.23. The lowest BCUT2D eigenvalue weighted by Crippen LogP contribution is -2.75. The van der Waals surface area contributed by atoms with E-state index in [9.17, 15) is 0 Å². The van der Waals surface area contributed by atoms with E-state index in [1.807, 2.05) is 30.3 Å². The molecule has 10 rings (SSSR count). The van der Waals surface area contributed by atoms with Gasteiger partial charge >= 0.3 is 0 Å². The second-order valence-corrected chi connectivity index (χ2v) is 18.0. The summed E-state index contributed by atoms with van der Waals surface area (Å²) < 4.78 is 36.3. The molecule has 0 saturated heterocycles. The van der Waals surface area contributed by atoms with Crippen molar-refractivity contribution >= 4 is 56.7 Å². The van der Waals surface area contributed by atoms with E-state index in [4.69, 9.17) is 13.8 Å². The van der Waals surface area contributed by atoms with Crippen molar-refractivity contribution in [3.05, 3.63) is 187 Å². The zero-order chi connectivity index (χ0) is 37.5. The summed E-state index contributed by atoms with van der Waals surface area (Å²) >= 11 is 0. The Morgan fingerprint density at radius 2 is 1.21 bits per heavy atom. The van der Waals surface area contributed by atoms with Gasteiger partial charge in [0.15, 0.2) is 8.07 Å². The van der Waals surface area contributed by atoms with Crippen LogP contribution >= 0.6 is 0 Å². The number of ether oxygens (including phenoxy) is 1. The Bertz CT molecular complexity index is 2890. The molecule has 3 heterocycles. The van der Waals surface area contributed by atoms with Crippen LogP contribution in [0.25, 0.3) is 33.5 Å². The summed E-state index contributed by atoms with van der Waals surface area (Å²) in [5, 5.41) is 4.84. The zero-order valence-corrected chi connectivity index (χ0v) is 29.9. The topological polar surface area (TPSA) is 31.5 Å². The second-order valence-electron chi connectivity index (χ2n) is 14.2. The van der Waals surface area contributed by atoms with Gasteiger partial charge in [0.2, 0.25) is 5.78 Å². The maximum atomic E-state index is 8.31. The van der Waals surface area contributed by atoms with Crippen LogP contribution in [0.5, 0.6) is 11.5 Å². The van der Waals surface area contributed by atoms with E-state index < -0.39 is 14.9 Å². The van der Waals surface area contributed by atoms with Gasteiger partial charge in [-0.25, -0.2) is 4.98 Å². The highest BCUT2D eigenvalue weighted by Gasteiger charge is 2.46. The Hall–Kier alpha value is -6.17. The first-order chi connectivity index (χ1) is 26.7. The van der Waals surface area contributed by atoms with E-state index >= 15 is 0 Å². The number of para-hydroxylation sites is 5. The first kappa shape index (κ1) is 27.5. The molecule has 0 spiro atoms. The largest absolute Gasteiger partial charge is 0.457 e. The van der Waals surface area contributed by atoms with Crippen molar-refractivity contribution in [3.8, 4) is 17.2 Å². The summed E-state index contributed by atoms with van der Waals surface area (Å²) in [5.41, 5.74) is 6.42. The lowest BCUT2D eigenvalue weighted by atomic mass is 9.76. The van der Waals surface area contributed by atoms with Gasteiger partial charge in [0.1, 0.15) is 11.5 Å². The van der Waals surface area contributed by atoms with Gasteiger partial charge in [-0.05, 0) is 69.6 Å². The van der Waals surface area contributed by atoms with Gasteiger partial charge in [0, 0.05) is 26.3 Å². The molecule has 1 aliphatic heterocycles. The molecule has 9 aromatic rings. The zero-order valence-electron chi connectivity index (χ0n) is 31.9. The number of imidazole rings is 2. The molecule has 0 amide bonds. The monoisotopic (exact) mass is 690 g/mol. The number of hydrogen-bond donors (Lipinski definition) is 0. The number of fused-ring (bicyclic) bond motifs is 7. The molecule has 0 saturated carbocycles. The Kier molecular flexibility index (Phi) is 6.05. The van der Waals surface area contributed by atoms with E-state index in [2.05, 4.69) is 156 Å². The van der Waals surface area contributed by atoms with Crippen LogP contribution in [0.15, 0.2) is 170 Å². The number of aromatic nitrogens is 3. The van der Waals surface area contributed by atoms with E-state index in [0.717, 1.165) is 39.3 Å². The van der Waals surface area contributed by atoms with Crippen LogP contribution < -0.4 is 25.5 Å². The summed E-state index contributed by atoms with van der Waals surface area (Å²) in [5.74, 6) is 2.46. The molecule has 0 atom stereocenters.